The summed E-state index contributed by atoms with van der Waals surface area (Å²) in [7, 11) is 0. The fraction of sp³-hybridized carbons (Fsp3) is 0.312. The first-order chi connectivity index (χ1) is 10.7. The number of hydrogen-bond acceptors (Lipinski definition) is 5. The zero-order valence-electron chi connectivity index (χ0n) is 12.3. The lowest BCUT2D eigenvalue weighted by atomic mass is 10.2. The maximum Gasteiger partial charge on any atom is 0.306 e. The first-order valence-corrected chi connectivity index (χ1v) is 7.08. The van der Waals surface area contributed by atoms with Gasteiger partial charge >= 0.3 is 5.97 Å². The van der Waals surface area contributed by atoms with E-state index in [1.54, 1.807) is 6.07 Å². The van der Waals surface area contributed by atoms with Gasteiger partial charge in [-0.05, 0) is 18.6 Å². The standard InChI is InChI=1S/C16H17N3O3/c1-2-3-8-15(21)22-10-14(20)11(9-17)16-18-12-6-4-5-7-13(12)19-16/h4-7,20H,2-3,8,10H2,1H3,(H,18,19)/b14-11-. The van der Waals surface area contributed by atoms with E-state index >= 15 is 0 Å². The molecule has 6 nitrogen and oxygen atoms in total. The zero-order valence-corrected chi connectivity index (χ0v) is 12.3. The minimum Gasteiger partial charge on any atom is -0.507 e. The molecule has 6 heteroatoms. The normalized spacial score (nSPS) is 11.8. The van der Waals surface area contributed by atoms with E-state index in [0.717, 1.165) is 18.4 Å². The number of esters is 1. The van der Waals surface area contributed by atoms with Crippen molar-refractivity contribution in [3.63, 3.8) is 0 Å². The summed E-state index contributed by atoms with van der Waals surface area (Å²) in [5, 5.41) is 19.2. The van der Waals surface area contributed by atoms with E-state index in [0.29, 0.717) is 11.9 Å². The Labute approximate surface area is 128 Å². The second-order valence-electron chi connectivity index (χ2n) is 4.80. The van der Waals surface area contributed by atoms with Gasteiger partial charge in [0.15, 0.2) is 11.6 Å². The molecule has 2 aromatic rings. The number of aliphatic hydroxyl groups excluding tert-OH is 1. The minimum atomic E-state index is -0.393. The Balaban J connectivity index is 2.15. The van der Waals surface area contributed by atoms with Gasteiger partial charge in [-0.25, -0.2) is 4.98 Å². The van der Waals surface area contributed by atoms with E-state index in [-0.39, 0.29) is 23.8 Å². The number of aromatic nitrogens is 2. The first kappa shape index (κ1) is 15.6. The molecule has 0 aliphatic rings. The molecule has 22 heavy (non-hydrogen) atoms. The molecule has 0 radical (unpaired) electrons. The van der Waals surface area contributed by atoms with Crippen LogP contribution in [0.3, 0.4) is 0 Å². The van der Waals surface area contributed by atoms with Crippen LogP contribution in [0.4, 0.5) is 0 Å². The molecule has 1 heterocycles. The lowest BCUT2D eigenvalue weighted by Gasteiger charge is -2.05. The van der Waals surface area contributed by atoms with Gasteiger partial charge in [0.2, 0.25) is 0 Å². The summed E-state index contributed by atoms with van der Waals surface area (Å²) in [6, 6.07) is 9.18. The molecule has 2 N–H and O–H groups in total. The number of carbonyl (C=O) groups is 1. The van der Waals surface area contributed by atoms with E-state index < -0.39 is 5.97 Å². The van der Waals surface area contributed by atoms with Crippen molar-refractivity contribution in [3.8, 4) is 6.07 Å². The number of H-pyrrole nitrogens is 1. The molecule has 0 bridgehead atoms. The molecule has 0 spiro atoms. The number of para-hydroxylation sites is 2. The SMILES string of the molecule is CCCCC(=O)OC/C(O)=C(\C#N)c1nc2ccccc2[nH]1. The summed E-state index contributed by atoms with van der Waals surface area (Å²) in [6.07, 6.45) is 1.92. The first-order valence-electron chi connectivity index (χ1n) is 7.08. The Morgan fingerprint density at radius 1 is 1.45 bits per heavy atom. The maximum atomic E-state index is 11.4. The molecule has 0 fully saturated rings. The molecule has 0 atom stereocenters. The van der Waals surface area contributed by atoms with Gasteiger partial charge in [0, 0.05) is 6.42 Å². The van der Waals surface area contributed by atoms with Gasteiger partial charge in [0.25, 0.3) is 0 Å². The van der Waals surface area contributed by atoms with E-state index in [2.05, 4.69) is 9.97 Å². The van der Waals surface area contributed by atoms with Crippen molar-refractivity contribution < 1.29 is 14.6 Å². The largest absolute Gasteiger partial charge is 0.507 e. The molecular formula is C16H17N3O3. The summed E-state index contributed by atoms with van der Waals surface area (Å²) >= 11 is 0. The number of allylic oxidation sites excluding steroid dienone is 1. The number of aromatic amines is 1. The third kappa shape index (κ3) is 3.64. The molecule has 0 saturated heterocycles. The predicted octanol–water partition coefficient (Wildman–Crippen LogP) is 3.09. The molecule has 0 saturated carbocycles. The van der Waals surface area contributed by atoms with E-state index in [1.807, 2.05) is 31.2 Å². The number of hydrogen-bond donors (Lipinski definition) is 2. The van der Waals surface area contributed by atoms with E-state index in [9.17, 15) is 15.2 Å². The average molecular weight is 299 g/mol. The number of rotatable bonds is 6. The number of carbonyl (C=O) groups excluding carboxylic acids is 1. The Bertz CT molecular complexity index is 707. The topological polar surface area (TPSA) is 99.0 Å². The monoisotopic (exact) mass is 299 g/mol. The van der Waals surface area contributed by atoms with Crippen molar-refractivity contribution in [1.29, 1.82) is 5.26 Å². The number of aliphatic hydroxyl groups is 1. The molecule has 0 aliphatic carbocycles. The van der Waals surface area contributed by atoms with Crippen molar-refractivity contribution in [2.45, 2.75) is 26.2 Å². The molecule has 0 amide bonds. The molecule has 0 unspecified atom stereocenters. The predicted molar refractivity (Wildman–Crippen MR) is 81.7 cm³/mol. The number of benzene rings is 1. The quantitative estimate of drug-likeness (QED) is 0.485. The fourth-order valence-electron chi connectivity index (χ4n) is 1.94. The lowest BCUT2D eigenvalue weighted by Crippen LogP contribution is -2.08. The van der Waals surface area contributed by atoms with Crippen molar-refractivity contribution in [1.82, 2.24) is 9.97 Å². The summed E-state index contributed by atoms with van der Waals surface area (Å²) in [5.74, 6) is -0.451. The van der Waals surface area contributed by atoms with Crippen molar-refractivity contribution >= 4 is 22.6 Å². The highest BCUT2D eigenvalue weighted by Crippen LogP contribution is 2.18. The van der Waals surface area contributed by atoms with Crippen LogP contribution in [-0.2, 0) is 9.53 Å². The number of imidazole rings is 1. The van der Waals surface area contributed by atoms with Crippen LogP contribution in [0.5, 0.6) is 0 Å². The van der Waals surface area contributed by atoms with Gasteiger partial charge in [-0.2, -0.15) is 5.26 Å². The molecule has 0 aliphatic heterocycles. The van der Waals surface area contributed by atoms with Crippen LogP contribution < -0.4 is 0 Å². The molecule has 1 aromatic heterocycles. The van der Waals surface area contributed by atoms with Gasteiger partial charge < -0.3 is 14.8 Å². The van der Waals surface area contributed by atoms with Gasteiger partial charge in [-0.3, -0.25) is 4.79 Å². The van der Waals surface area contributed by atoms with Gasteiger partial charge in [0.1, 0.15) is 18.2 Å². The second kappa shape index (κ2) is 7.27. The van der Waals surface area contributed by atoms with Crippen LogP contribution in [0.1, 0.15) is 32.0 Å². The van der Waals surface area contributed by atoms with Crippen LogP contribution >= 0.6 is 0 Å². The number of nitriles is 1. The lowest BCUT2D eigenvalue weighted by molar-refractivity contribution is -0.143. The average Bonchev–Trinajstić information content (AvgIpc) is 2.95. The Morgan fingerprint density at radius 3 is 2.91 bits per heavy atom. The maximum absolute atomic E-state index is 11.4. The number of nitrogens with zero attached hydrogens (tertiary/aromatic N) is 2. The summed E-state index contributed by atoms with van der Waals surface area (Å²) in [4.78, 5) is 18.6. The zero-order chi connectivity index (χ0) is 15.9. The fourth-order valence-corrected chi connectivity index (χ4v) is 1.94. The third-order valence-electron chi connectivity index (χ3n) is 3.13. The highest BCUT2D eigenvalue weighted by atomic mass is 16.5. The van der Waals surface area contributed by atoms with Gasteiger partial charge in [-0.15, -0.1) is 0 Å². The van der Waals surface area contributed by atoms with E-state index in [1.165, 1.54) is 0 Å². The summed E-state index contributed by atoms with van der Waals surface area (Å²) in [5.41, 5.74) is 1.43. The minimum absolute atomic E-state index is 0.0282. The van der Waals surface area contributed by atoms with Crippen LogP contribution in [0.15, 0.2) is 30.0 Å². The van der Waals surface area contributed by atoms with Crippen molar-refractivity contribution in [3.05, 3.63) is 35.8 Å². The third-order valence-corrected chi connectivity index (χ3v) is 3.13. The van der Waals surface area contributed by atoms with E-state index in [4.69, 9.17) is 4.74 Å². The molecule has 2 rings (SSSR count). The molecule has 1 aromatic carbocycles. The van der Waals surface area contributed by atoms with Crippen LogP contribution in [0.25, 0.3) is 16.6 Å². The number of fused-ring (bicyclic) bond motifs is 1. The van der Waals surface area contributed by atoms with Crippen LogP contribution in [0, 0.1) is 11.3 Å². The number of ether oxygens (including phenoxy) is 1. The van der Waals surface area contributed by atoms with Crippen LogP contribution in [-0.4, -0.2) is 27.7 Å². The van der Waals surface area contributed by atoms with Gasteiger partial charge in [0.05, 0.1) is 11.0 Å². The summed E-state index contributed by atoms with van der Waals surface area (Å²) < 4.78 is 4.94. The Hall–Kier alpha value is -2.81. The second-order valence-corrected chi connectivity index (χ2v) is 4.80. The smallest absolute Gasteiger partial charge is 0.306 e. The molecule has 114 valence electrons. The van der Waals surface area contributed by atoms with Crippen molar-refractivity contribution in [2.75, 3.05) is 6.61 Å². The Morgan fingerprint density at radius 2 is 2.23 bits per heavy atom. The van der Waals surface area contributed by atoms with Crippen molar-refractivity contribution in [2.24, 2.45) is 0 Å². The Kier molecular flexibility index (Phi) is 5.15. The van der Waals surface area contributed by atoms with Gasteiger partial charge in [-0.1, -0.05) is 25.5 Å². The molecular weight excluding hydrogens is 282 g/mol. The summed E-state index contributed by atoms with van der Waals surface area (Å²) in [6.45, 7) is 1.64. The number of unbranched alkanes of at least 4 members (excludes halogenated alkanes) is 1. The highest BCUT2D eigenvalue weighted by Gasteiger charge is 2.14. The highest BCUT2D eigenvalue weighted by molar-refractivity contribution is 5.82. The number of nitrogens with one attached hydrogen (secondary N) is 1. The van der Waals surface area contributed by atoms with Crippen LogP contribution in [0.2, 0.25) is 0 Å².